The fourth-order valence-electron chi connectivity index (χ4n) is 3.23. The number of rotatable bonds is 5. The molecule has 2 aromatic heterocycles. The molecule has 1 aliphatic heterocycles. The first-order chi connectivity index (χ1) is 13.1. The highest BCUT2D eigenvalue weighted by atomic mass is 32.2. The molecule has 4 rings (SSSR count). The molecule has 1 saturated heterocycles. The second-order valence-corrected chi connectivity index (χ2v) is 7.89. The van der Waals surface area contributed by atoms with Crippen LogP contribution in [0.3, 0.4) is 0 Å². The van der Waals surface area contributed by atoms with Crippen LogP contribution in [0.1, 0.15) is 18.1 Å². The van der Waals surface area contributed by atoms with E-state index in [2.05, 4.69) is 46.2 Å². The smallest absolute Gasteiger partial charge is 0.148 e. The third kappa shape index (κ3) is 4.14. The number of thioether (sulfide) groups is 1. The Morgan fingerprint density at radius 3 is 2.81 bits per heavy atom. The van der Waals surface area contributed by atoms with Crippen LogP contribution in [0, 0.1) is 0 Å². The van der Waals surface area contributed by atoms with Crippen LogP contribution in [0.4, 0.5) is 5.82 Å². The summed E-state index contributed by atoms with van der Waals surface area (Å²) in [6.07, 6.45) is 7.56. The second kappa shape index (κ2) is 7.70. The Bertz CT molecular complexity index is 900. The minimum Gasteiger partial charge on any atom is -0.367 e. The summed E-state index contributed by atoms with van der Waals surface area (Å²) < 4.78 is 7.91. The van der Waals surface area contributed by atoms with E-state index in [0.29, 0.717) is 6.61 Å². The van der Waals surface area contributed by atoms with E-state index in [1.807, 2.05) is 42.6 Å². The SMILES string of the molecule is Cn1cc(C2(C)CN(c3cncc(SCc4ccccc4)n3)CCO2)cn1. The summed E-state index contributed by atoms with van der Waals surface area (Å²) in [6, 6.07) is 10.4. The standard InChI is InChI=1S/C20H23N5OS/c1-20(17-10-22-24(2)13-17)15-25(8-9-26-20)18-11-21-12-19(23-18)27-14-16-6-4-3-5-7-16/h3-7,10-13H,8-9,14-15H2,1-2H3. The summed E-state index contributed by atoms with van der Waals surface area (Å²) in [5.41, 5.74) is 1.96. The van der Waals surface area contributed by atoms with Crippen molar-refractivity contribution in [2.45, 2.75) is 23.3 Å². The predicted octanol–water partition coefficient (Wildman–Crippen LogP) is 3.25. The molecule has 0 bridgehead atoms. The first-order valence-electron chi connectivity index (χ1n) is 8.99. The summed E-state index contributed by atoms with van der Waals surface area (Å²) in [5.74, 6) is 1.78. The molecule has 1 unspecified atom stereocenters. The van der Waals surface area contributed by atoms with Gasteiger partial charge in [0, 0.05) is 31.1 Å². The lowest BCUT2D eigenvalue weighted by Crippen LogP contribution is -2.48. The van der Waals surface area contributed by atoms with Gasteiger partial charge in [-0.1, -0.05) is 30.3 Å². The van der Waals surface area contributed by atoms with Crippen molar-refractivity contribution in [3.8, 4) is 0 Å². The average molecular weight is 382 g/mol. The molecule has 140 valence electrons. The van der Waals surface area contributed by atoms with Crippen LogP contribution in [-0.2, 0) is 23.1 Å². The average Bonchev–Trinajstić information content (AvgIpc) is 3.15. The fraction of sp³-hybridized carbons (Fsp3) is 0.350. The summed E-state index contributed by atoms with van der Waals surface area (Å²) in [7, 11) is 1.92. The Morgan fingerprint density at radius 1 is 1.19 bits per heavy atom. The Balaban J connectivity index is 1.48. The van der Waals surface area contributed by atoms with Crippen molar-refractivity contribution in [3.05, 3.63) is 66.2 Å². The van der Waals surface area contributed by atoms with Gasteiger partial charge in [-0.3, -0.25) is 9.67 Å². The number of nitrogens with zero attached hydrogens (tertiary/aromatic N) is 5. The highest BCUT2D eigenvalue weighted by molar-refractivity contribution is 7.98. The van der Waals surface area contributed by atoms with Gasteiger partial charge < -0.3 is 9.64 Å². The van der Waals surface area contributed by atoms with Crippen molar-refractivity contribution in [2.75, 3.05) is 24.6 Å². The number of anilines is 1. The lowest BCUT2D eigenvalue weighted by Gasteiger charge is -2.40. The summed E-state index contributed by atoms with van der Waals surface area (Å²) in [5, 5.41) is 5.22. The van der Waals surface area contributed by atoms with E-state index in [1.54, 1.807) is 11.8 Å². The lowest BCUT2D eigenvalue weighted by molar-refractivity contribution is -0.0468. The maximum Gasteiger partial charge on any atom is 0.148 e. The molecular weight excluding hydrogens is 358 g/mol. The van der Waals surface area contributed by atoms with Crippen LogP contribution >= 0.6 is 11.8 Å². The van der Waals surface area contributed by atoms with E-state index >= 15 is 0 Å². The van der Waals surface area contributed by atoms with Gasteiger partial charge in [0.05, 0.1) is 31.7 Å². The van der Waals surface area contributed by atoms with Crippen molar-refractivity contribution in [1.82, 2.24) is 19.7 Å². The van der Waals surface area contributed by atoms with Gasteiger partial charge in [-0.2, -0.15) is 5.10 Å². The zero-order valence-corrected chi connectivity index (χ0v) is 16.4. The maximum absolute atomic E-state index is 6.10. The molecule has 0 radical (unpaired) electrons. The van der Waals surface area contributed by atoms with Crippen LogP contribution < -0.4 is 4.90 Å². The van der Waals surface area contributed by atoms with Crippen LogP contribution in [0.2, 0.25) is 0 Å². The van der Waals surface area contributed by atoms with E-state index in [4.69, 9.17) is 9.72 Å². The Kier molecular flexibility index (Phi) is 5.13. The Hall–Kier alpha value is -2.38. The summed E-state index contributed by atoms with van der Waals surface area (Å²) >= 11 is 1.71. The number of benzene rings is 1. The van der Waals surface area contributed by atoms with Crippen molar-refractivity contribution in [3.63, 3.8) is 0 Å². The number of morpholine rings is 1. The van der Waals surface area contributed by atoms with Gasteiger partial charge in [0.25, 0.3) is 0 Å². The molecule has 0 amide bonds. The molecule has 3 aromatic rings. The van der Waals surface area contributed by atoms with Gasteiger partial charge in [-0.05, 0) is 12.5 Å². The first kappa shape index (κ1) is 18.0. The van der Waals surface area contributed by atoms with E-state index in [9.17, 15) is 0 Å². The molecule has 27 heavy (non-hydrogen) atoms. The Labute approximate surface area is 163 Å². The summed E-state index contributed by atoms with van der Waals surface area (Å²) in [6.45, 7) is 4.28. The van der Waals surface area contributed by atoms with E-state index in [0.717, 1.165) is 35.2 Å². The number of ether oxygens (including phenoxy) is 1. The molecule has 1 aliphatic rings. The molecule has 7 heteroatoms. The molecule has 1 atom stereocenters. The quantitative estimate of drug-likeness (QED) is 0.633. The molecule has 1 aromatic carbocycles. The topological polar surface area (TPSA) is 56.1 Å². The van der Waals surface area contributed by atoms with Gasteiger partial charge in [0.15, 0.2) is 0 Å². The van der Waals surface area contributed by atoms with Gasteiger partial charge in [-0.25, -0.2) is 4.98 Å². The van der Waals surface area contributed by atoms with Crippen LogP contribution in [0.25, 0.3) is 0 Å². The van der Waals surface area contributed by atoms with Gasteiger partial charge in [-0.15, -0.1) is 11.8 Å². The molecule has 0 saturated carbocycles. The zero-order valence-electron chi connectivity index (χ0n) is 15.6. The normalized spacial score (nSPS) is 20.0. The summed E-state index contributed by atoms with van der Waals surface area (Å²) in [4.78, 5) is 11.5. The molecular formula is C20H23N5OS. The number of aryl methyl sites for hydroxylation is 1. The van der Waals surface area contributed by atoms with Crippen molar-refractivity contribution in [1.29, 1.82) is 0 Å². The maximum atomic E-state index is 6.10. The monoisotopic (exact) mass is 381 g/mol. The number of hydrogen-bond donors (Lipinski definition) is 0. The van der Waals surface area contributed by atoms with Crippen molar-refractivity contribution >= 4 is 17.6 Å². The van der Waals surface area contributed by atoms with Gasteiger partial charge in [0.2, 0.25) is 0 Å². The van der Waals surface area contributed by atoms with E-state index < -0.39 is 5.60 Å². The molecule has 6 nitrogen and oxygen atoms in total. The van der Waals surface area contributed by atoms with Crippen molar-refractivity contribution in [2.24, 2.45) is 7.05 Å². The zero-order chi connectivity index (χ0) is 18.7. The molecule has 3 heterocycles. The second-order valence-electron chi connectivity index (χ2n) is 6.89. The minimum atomic E-state index is -0.401. The largest absolute Gasteiger partial charge is 0.367 e. The molecule has 0 N–H and O–H groups in total. The third-order valence-electron chi connectivity index (χ3n) is 4.74. The van der Waals surface area contributed by atoms with Gasteiger partial charge >= 0.3 is 0 Å². The highest BCUT2D eigenvalue weighted by Gasteiger charge is 2.35. The number of aromatic nitrogens is 4. The molecule has 1 fully saturated rings. The number of hydrogen-bond acceptors (Lipinski definition) is 6. The van der Waals surface area contributed by atoms with Crippen LogP contribution in [-0.4, -0.2) is 39.4 Å². The highest BCUT2D eigenvalue weighted by Crippen LogP contribution is 2.31. The molecule has 0 spiro atoms. The van der Waals surface area contributed by atoms with Gasteiger partial charge in [0.1, 0.15) is 16.4 Å². The van der Waals surface area contributed by atoms with Crippen LogP contribution in [0.15, 0.2) is 60.1 Å². The van der Waals surface area contributed by atoms with E-state index in [-0.39, 0.29) is 0 Å². The molecule has 0 aliphatic carbocycles. The first-order valence-corrected chi connectivity index (χ1v) is 9.98. The Morgan fingerprint density at radius 2 is 2.04 bits per heavy atom. The van der Waals surface area contributed by atoms with E-state index in [1.165, 1.54) is 5.56 Å². The minimum absolute atomic E-state index is 0.401. The van der Waals surface area contributed by atoms with Crippen LogP contribution in [0.5, 0.6) is 0 Å². The lowest BCUT2D eigenvalue weighted by atomic mass is 9.97. The predicted molar refractivity (Wildman–Crippen MR) is 107 cm³/mol. The van der Waals surface area contributed by atoms with Crippen molar-refractivity contribution < 1.29 is 4.74 Å². The third-order valence-corrected chi connectivity index (χ3v) is 5.71. The fourth-order valence-corrected chi connectivity index (χ4v) is 4.03.